The zero-order valence-electron chi connectivity index (χ0n) is 20.0. The molecule has 4 aliphatic rings. The van der Waals surface area contributed by atoms with Gasteiger partial charge in [-0.15, -0.1) is 5.11 Å². The smallest absolute Gasteiger partial charge is 0.338 e. The molecule has 10 nitrogen and oxygen atoms in total. The predicted octanol–water partition coefficient (Wildman–Crippen LogP) is 2.42. The van der Waals surface area contributed by atoms with Gasteiger partial charge >= 0.3 is 5.97 Å². The van der Waals surface area contributed by atoms with Crippen LogP contribution in [-0.4, -0.2) is 66.5 Å². The number of benzene rings is 1. The van der Waals surface area contributed by atoms with E-state index in [1.165, 1.54) is 17.5 Å². The first-order valence-electron chi connectivity index (χ1n) is 12.2. The van der Waals surface area contributed by atoms with E-state index in [1.807, 2.05) is 17.0 Å². The molecule has 1 aromatic rings. The van der Waals surface area contributed by atoms with Crippen molar-refractivity contribution in [2.75, 3.05) is 32.7 Å². The molecule has 0 radical (unpaired) electrons. The molecule has 3 aliphatic heterocycles. The SMILES string of the molecule is Cc1c(CCN2CCN(C(=O)C3CCC4=NC(N=CN=NN)=CCC43)CC2)ccc2c1COC2=O. The molecule has 1 saturated carbocycles. The maximum Gasteiger partial charge on any atom is 0.338 e. The Balaban J connectivity index is 1.12. The standard InChI is InChI=1S/C25H31N7O3/c1-16-17(2-3-20-21(16)14-35-25(20)34)8-9-31-10-12-32(13-11-31)24(33)19-4-6-22-18(19)5-7-23(29-22)27-15-28-30-26/h2-3,7,15,18-19H,4-6,8-14H2,1H3,(H2,26,27,28). The highest BCUT2D eigenvalue weighted by atomic mass is 16.5. The van der Waals surface area contributed by atoms with Crippen molar-refractivity contribution >= 4 is 23.9 Å². The van der Waals surface area contributed by atoms with Crippen LogP contribution in [0.15, 0.2) is 44.4 Å². The number of allylic oxidation sites excluding steroid dienone is 1. The number of aliphatic imine (C=N–C) groups is 2. The average Bonchev–Trinajstić information content (AvgIpc) is 3.47. The summed E-state index contributed by atoms with van der Waals surface area (Å²) in [7, 11) is 0. The van der Waals surface area contributed by atoms with Crippen molar-refractivity contribution in [1.82, 2.24) is 9.80 Å². The lowest BCUT2D eigenvalue weighted by Gasteiger charge is -2.37. The minimum atomic E-state index is -0.218. The maximum absolute atomic E-state index is 13.3. The number of carbonyl (C=O) groups is 2. The lowest BCUT2D eigenvalue weighted by atomic mass is 9.89. The average molecular weight is 478 g/mol. The third kappa shape index (κ3) is 4.75. The fourth-order valence-electron chi connectivity index (χ4n) is 5.65. The zero-order chi connectivity index (χ0) is 24.4. The van der Waals surface area contributed by atoms with Crippen LogP contribution in [0.2, 0.25) is 0 Å². The molecule has 2 unspecified atom stereocenters. The first-order chi connectivity index (χ1) is 17.0. The Labute approximate surface area is 204 Å². The number of ether oxygens (including phenoxy) is 1. The third-order valence-corrected chi connectivity index (χ3v) is 7.72. The number of nitrogens with zero attached hydrogens (tertiary/aromatic N) is 6. The molecule has 0 aromatic heterocycles. The first kappa shape index (κ1) is 23.3. The molecule has 10 heteroatoms. The van der Waals surface area contributed by atoms with Crippen LogP contribution in [0.5, 0.6) is 0 Å². The summed E-state index contributed by atoms with van der Waals surface area (Å²) < 4.78 is 5.17. The quantitative estimate of drug-likeness (QED) is 0.168. The Morgan fingerprint density at radius 2 is 2.11 bits per heavy atom. The molecule has 35 heavy (non-hydrogen) atoms. The van der Waals surface area contributed by atoms with Gasteiger partial charge in [-0.3, -0.25) is 9.69 Å². The van der Waals surface area contributed by atoms with Gasteiger partial charge < -0.3 is 15.5 Å². The molecule has 1 saturated heterocycles. The summed E-state index contributed by atoms with van der Waals surface area (Å²) in [5.74, 6) is 5.82. The molecule has 184 valence electrons. The number of nitrogens with two attached hydrogens (primary N) is 1. The van der Waals surface area contributed by atoms with Crippen LogP contribution in [0, 0.1) is 18.8 Å². The van der Waals surface area contributed by atoms with E-state index in [2.05, 4.69) is 38.2 Å². The molecule has 5 rings (SSSR count). The Bertz CT molecular complexity index is 1130. The minimum Gasteiger partial charge on any atom is -0.457 e. The van der Waals surface area contributed by atoms with E-state index in [0.29, 0.717) is 18.0 Å². The van der Waals surface area contributed by atoms with Gasteiger partial charge in [0.15, 0.2) is 0 Å². The van der Waals surface area contributed by atoms with Crippen LogP contribution in [0.25, 0.3) is 0 Å². The van der Waals surface area contributed by atoms with Gasteiger partial charge in [-0.1, -0.05) is 11.3 Å². The molecule has 0 bridgehead atoms. The molecule has 1 aromatic carbocycles. The van der Waals surface area contributed by atoms with Gasteiger partial charge in [-0.25, -0.2) is 14.8 Å². The topological polar surface area (TPSA) is 125 Å². The van der Waals surface area contributed by atoms with Crippen LogP contribution in [0.1, 0.15) is 46.3 Å². The number of fused-ring (bicyclic) bond motifs is 2. The van der Waals surface area contributed by atoms with Gasteiger partial charge in [0.2, 0.25) is 5.91 Å². The first-order valence-corrected chi connectivity index (χ1v) is 12.2. The van der Waals surface area contributed by atoms with Crippen LogP contribution < -0.4 is 5.84 Å². The third-order valence-electron chi connectivity index (χ3n) is 7.72. The molecule has 1 amide bonds. The van der Waals surface area contributed by atoms with E-state index < -0.39 is 0 Å². The summed E-state index contributed by atoms with van der Waals surface area (Å²) >= 11 is 0. The number of hydrogen-bond donors (Lipinski definition) is 1. The second-order valence-electron chi connectivity index (χ2n) is 9.50. The minimum absolute atomic E-state index is 0.00445. The van der Waals surface area contributed by atoms with Crippen molar-refractivity contribution in [3.8, 4) is 0 Å². The lowest BCUT2D eigenvalue weighted by Crippen LogP contribution is -2.51. The number of carbonyl (C=O) groups excluding carboxylic acids is 2. The zero-order valence-corrected chi connectivity index (χ0v) is 20.0. The van der Waals surface area contributed by atoms with Crippen molar-refractivity contribution in [3.63, 3.8) is 0 Å². The summed E-state index contributed by atoms with van der Waals surface area (Å²) in [5, 5.41) is 6.69. The molecule has 1 aliphatic carbocycles. The largest absolute Gasteiger partial charge is 0.457 e. The molecule has 2 N–H and O–H groups in total. The number of rotatable bonds is 6. The molecule has 0 spiro atoms. The number of amides is 1. The van der Waals surface area contributed by atoms with Gasteiger partial charge in [0.05, 0.1) is 5.56 Å². The second kappa shape index (κ2) is 10.1. The highest BCUT2D eigenvalue weighted by molar-refractivity contribution is 5.96. The second-order valence-corrected chi connectivity index (χ2v) is 9.50. The normalized spacial score (nSPS) is 24.5. The van der Waals surface area contributed by atoms with Crippen LogP contribution in [0.4, 0.5) is 0 Å². The van der Waals surface area contributed by atoms with Gasteiger partial charge in [-0.05, 0) is 55.9 Å². The Hall–Kier alpha value is -3.40. The van der Waals surface area contributed by atoms with Crippen LogP contribution in [0.3, 0.4) is 0 Å². The molecular weight excluding hydrogens is 446 g/mol. The number of piperazine rings is 1. The van der Waals surface area contributed by atoms with Gasteiger partial charge in [0.25, 0.3) is 0 Å². The number of hydrogen-bond acceptors (Lipinski definition) is 7. The molecule has 2 fully saturated rings. The van der Waals surface area contributed by atoms with E-state index in [4.69, 9.17) is 10.6 Å². The predicted molar refractivity (Wildman–Crippen MR) is 131 cm³/mol. The number of cyclic esters (lactones) is 1. The van der Waals surface area contributed by atoms with Crippen molar-refractivity contribution in [2.24, 2.45) is 38.0 Å². The maximum atomic E-state index is 13.3. The Morgan fingerprint density at radius 1 is 1.29 bits per heavy atom. The van der Waals surface area contributed by atoms with Crippen molar-refractivity contribution in [2.45, 2.75) is 39.2 Å². The van der Waals surface area contributed by atoms with Crippen LogP contribution in [-0.2, 0) is 22.6 Å². The molecule has 2 atom stereocenters. The van der Waals surface area contributed by atoms with Gasteiger partial charge in [0.1, 0.15) is 18.8 Å². The van der Waals surface area contributed by atoms with Crippen LogP contribution >= 0.6 is 0 Å². The molecule has 3 heterocycles. The van der Waals surface area contributed by atoms with Gasteiger partial charge in [-0.2, -0.15) is 0 Å². The Kier molecular flexibility index (Phi) is 6.72. The van der Waals surface area contributed by atoms with E-state index in [1.54, 1.807) is 0 Å². The number of esters is 1. The van der Waals surface area contributed by atoms with Crippen molar-refractivity contribution < 1.29 is 14.3 Å². The fraction of sp³-hybridized carbons (Fsp3) is 0.520. The lowest BCUT2D eigenvalue weighted by molar-refractivity contribution is -0.138. The highest BCUT2D eigenvalue weighted by Crippen LogP contribution is 2.37. The summed E-state index contributed by atoms with van der Waals surface area (Å²) in [6, 6.07) is 3.95. The summed E-state index contributed by atoms with van der Waals surface area (Å²) in [6.07, 6.45) is 6.63. The van der Waals surface area contributed by atoms with Gasteiger partial charge in [0, 0.05) is 55.8 Å². The van der Waals surface area contributed by atoms with E-state index in [9.17, 15) is 9.59 Å². The van der Waals surface area contributed by atoms with Crippen molar-refractivity contribution in [1.29, 1.82) is 0 Å². The summed E-state index contributed by atoms with van der Waals surface area (Å²) in [4.78, 5) is 38.3. The summed E-state index contributed by atoms with van der Waals surface area (Å²) in [6.45, 7) is 6.68. The molecular formula is C25H31N7O3. The fourth-order valence-corrected chi connectivity index (χ4v) is 5.65. The van der Waals surface area contributed by atoms with E-state index in [-0.39, 0.29) is 23.7 Å². The highest BCUT2D eigenvalue weighted by Gasteiger charge is 2.40. The van der Waals surface area contributed by atoms with E-state index in [0.717, 1.165) is 69.7 Å². The summed E-state index contributed by atoms with van der Waals surface area (Å²) in [5.41, 5.74) is 5.23. The van der Waals surface area contributed by atoms with E-state index >= 15 is 0 Å². The monoisotopic (exact) mass is 477 g/mol. The van der Waals surface area contributed by atoms with Crippen molar-refractivity contribution in [3.05, 3.63) is 46.3 Å². The Morgan fingerprint density at radius 3 is 2.91 bits per heavy atom.